The van der Waals surface area contributed by atoms with E-state index in [9.17, 15) is 9.59 Å². The standard InChI is InChI=1S/C29H37N3O4/c1-35-18-8-16-32(29(34)22-10-7-11-22)21-28(33)31(20-24-9-3-6-14-27(24)36-2)17-15-23-19-30-26-13-5-4-12-25(23)26/h3-6,9,12-14,19,22,30H,7-8,10-11,15-18,20-21H2,1-2H3. The van der Waals surface area contributed by atoms with Crippen LogP contribution >= 0.6 is 0 Å². The lowest BCUT2D eigenvalue weighted by Crippen LogP contribution is -2.46. The van der Waals surface area contributed by atoms with E-state index in [0.29, 0.717) is 39.1 Å². The van der Waals surface area contributed by atoms with Crippen molar-refractivity contribution in [3.05, 3.63) is 65.9 Å². The van der Waals surface area contributed by atoms with Crippen molar-refractivity contribution in [1.29, 1.82) is 0 Å². The smallest absolute Gasteiger partial charge is 0.242 e. The van der Waals surface area contributed by atoms with Crippen LogP contribution in [0.3, 0.4) is 0 Å². The zero-order valence-corrected chi connectivity index (χ0v) is 21.4. The molecule has 0 unspecified atom stereocenters. The van der Waals surface area contributed by atoms with Crippen LogP contribution in [0.1, 0.15) is 36.8 Å². The molecule has 1 aromatic heterocycles. The summed E-state index contributed by atoms with van der Waals surface area (Å²) in [5, 5.41) is 1.17. The Morgan fingerprint density at radius 1 is 0.972 bits per heavy atom. The van der Waals surface area contributed by atoms with Crippen LogP contribution in [-0.2, 0) is 27.3 Å². The van der Waals surface area contributed by atoms with Crippen LogP contribution in [0.2, 0.25) is 0 Å². The van der Waals surface area contributed by atoms with E-state index < -0.39 is 0 Å². The van der Waals surface area contributed by atoms with E-state index in [1.165, 1.54) is 10.9 Å². The highest BCUT2D eigenvalue weighted by Crippen LogP contribution is 2.28. The Morgan fingerprint density at radius 2 is 1.75 bits per heavy atom. The maximum absolute atomic E-state index is 13.7. The molecule has 2 amide bonds. The zero-order valence-electron chi connectivity index (χ0n) is 21.4. The summed E-state index contributed by atoms with van der Waals surface area (Å²) in [4.78, 5) is 33.7. The van der Waals surface area contributed by atoms with Crippen molar-refractivity contribution >= 4 is 22.7 Å². The number of methoxy groups -OCH3 is 2. The first-order chi connectivity index (χ1) is 17.6. The average molecular weight is 492 g/mol. The predicted octanol–water partition coefficient (Wildman–Crippen LogP) is 4.41. The molecule has 192 valence electrons. The molecule has 1 aliphatic carbocycles. The lowest BCUT2D eigenvalue weighted by molar-refractivity contribution is -0.145. The first-order valence-electron chi connectivity index (χ1n) is 12.8. The number of rotatable bonds is 13. The largest absolute Gasteiger partial charge is 0.496 e. The topological polar surface area (TPSA) is 74.9 Å². The van der Waals surface area contributed by atoms with Crippen molar-refractivity contribution < 1.29 is 19.1 Å². The number of aromatic amines is 1. The van der Waals surface area contributed by atoms with Gasteiger partial charge in [-0.2, -0.15) is 0 Å². The zero-order chi connectivity index (χ0) is 25.3. The van der Waals surface area contributed by atoms with E-state index in [1.54, 1.807) is 19.1 Å². The van der Waals surface area contributed by atoms with Gasteiger partial charge in [0.25, 0.3) is 0 Å². The van der Waals surface area contributed by atoms with Crippen LogP contribution < -0.4 is 4.74 Å². The number of amides is 2. The van der Waals surface area contributed by atoms with Gasteiger partial charge in [-0.25, -0.2) is 0 Å². The summed E-state index contributed by atoms with van der Waals surface area (Å²) in [5.41, 5.74) is 3.21. The average Bonchev–Trinajstić information content (AvgIpc) is 3.28. The number of nitrogens with one attached hydrogen (secondary N) is 1. The second-order valence-electron chi connectivity index (χ2n) is 9.47. The molecule has 1 saturated carbocycles. The molecule has 1 fully saturated rings. The summed E-state index contributed by atoms with van der Waals surface area (Å²) < 4.78 is 10.7. The summed E-state index contributed by atoms with van der Waals surface area (Å²) >= 11 is 0. The Balaban J connectivity index is 1.52. The minimum absolute atomic E-state index is 0.0502. The summed E-state index contributed by atoms with van der Waals surface area (Å²) in [5.74, 6) is 0.851. The summed E-state index contributed by atoms with van der Waals surface area (Å²) in [6, 6.07) is 16.0. The van der Waals surface area contributed by atoms with Gasteiger partial charge in [0, 0.05) is 61.9 Å². The number of nitrogens with zero attached hydrogens (tertiary/aromatic N) is 2. The van der Waals surface area contributed by atoms with Crippen molar-refractivity contribution in [3.63, 3.8) is 0 Å². The Kier molecular flexibility index (Phi) is 9.01. The van der Waals surface area contributed by atoms with Gasteiger partial charge in [0.05, 0.1) is 13.7 Å². The van der Waals surface area contributed by atoms with Gasteiger partial charge in [-0.3, -0.25) is 9.59 Å². The SMILES string of the molecule is COCCCN(CC(=O)N(CCc1c[nH]c2ccccc12)Cc1ccccc1OC)C(=O)C1CCC1. The van der Waals surface area contributed by atoms with Crippen LogP contribution in [-0.4, -0.2) is 67.1 Å². The number of ether oxygens (including phenoxy) is 2. The second kappa shape index (κ2) is 12.6. The molecule has 7 nitrogen and oxygen atoms in total. The van der Waals surface area contributed by atoms with Gasteiger partial charge in [-0.05, 0) is 43.4 Å². The number of benzene rings is 2. The first kappa shape index (κ1) is 25.8. The van der Waals surface area contributed by atoms with Crippen molar-refractivity contribution in [3.8, 4) is 5.75 Å². The van der Waals surface area contributed by atoms with E-state index in [2.05, 4.69) is 17.1 Å². The highest BCUT2D eigenvalue weighted by Gasteiger charge is 2.31. The molecule has 1 heterocycles. The molecule has 0 radical (unpaired) electrons. The molecule has 0 spiro atoms. The van der Waals surface area contributed by atoms with Crippen LogP contribution in [0, 0.1) is 5.92 Å². The van der Waals surface area contributed by atoms with Gasteiger partial charge < -0.3 is 24.3 Å². The maximum Gasteiger partial charge on any atom is 0.242 e. The van der Waals surface area contributed by atoms with Gasteiger partial charge in [-0.15, -0.1) is 0 Å². The third-order valence-corrected chi connectivity index (χ3v) is 7.10. The third kappa shape index (κ3) is 6.26. The van der Waals surface area contributed by atoms with E-state index in [-0.39, 0.29) is 24.3 Å². The highest BCUT2D eigenvalue weighted by molar-refractivity contribution is 5.86. The fourth-order valence-corrected chi connectivity index (χ4v) is 4.77. The lowest BCUT2D eigenvalue weighted by atomic mass is 9.84. The van der Waals surface area contributed by atoms with Crippen molar-refractivity contribution in [2.75, 3.05) is 40.5 Å². The number of carbonyl (C=O) groups excluding carboxylic acids is 2. The molecule has 0 bridgehead atoms. The summed E-state index contributed by atoms with van der Waals surface area (Å²) in [6.45, 7) is 2.15. The van der Waals surface area contributed by atoms with Crippen LogP contribution in [0.25, 0.3) is 10.9 Å². The minimum atomic E-state index is -0.0502. The van der Waals surface area contributed by atoms with E-state index >= 15 is 0 Å². The third-order valence-electron chi connectivity index (χ3n) is 7.10. The molecule has 1 N–H and O–H groups in total. The fraction of sp³-hybridized carbons (Fsp3) is 0.448. The molecule has 0 atom stereocenters. The molecular formula is C29H37N3O4. The number of para-hydroxylation sites is 2. The molecular weight excluding hydrogens is 454 g/mol. The second-order valence-corrected chi connectivity index (χ2v) is 9.47. The molecule has 3 aromatic rings. The van der Waals surface area contributed by atoms with Crippen molar-refractivity contribution in [1.82, 2.24) is 14.8 Å². The molecule has 0 saturated heterocycles. The van der Waals surface area contributed by atoms with Gasteiger partial charge in [0.15, 0.2) is 0 Å². The molecule has 36 heavy (non-hydrogen) atoms. The number of carbonyl (C=O) groups is 2. The fourth-order valence-electron chi connectivity index (χ4n) is 4.77. The molecule has 4 rings (SSSR count). The lowest BCUT2D eigenvalue weighted by Gasteiger charge is -2.33. The van der Waals surface area contributed by atoms with Crippen LogP contribution in [0.15, 0.2) is 54.7 Å². The van der Waals surface area contributed by atoms with E-state index in [4.69, 9.17) is 9.47 Å². The van der Waals surface area contributed by atoms with Crippen LogP contribution in [0.5, 0.6) is 5.75 Å². The normalized spacial score (nSPS) is 13.4. The highest BCUT2D eigenvalue weighted by atomic mass is 16.5. The Morgan fingerprint density at radius 3 is 2.50 bits per heavy atom. The summed E-state index contributed by atoms with van der Waals surface area (Å²) in [7, 11) is 3.30. The number of hydrogen-bond acceptors (Lipinski definition) is 4. The van der Waals surface area contributed by atoms with Gasteiger partial charge in [0.2, 0.25) is 11.8 Å². The maximum atomic E-state index is 13.7. The monoisotopic (exact) mass is 491 g/mol. The quantitative estimate of drug-likeness (QED) is 0.360. The summed E-state index contributed by atoms with van der Waals surface area (Å²) in [6.07, 6.45) is 6.36. The minimum Gasteiger partial charge on any atom is -0.496 e. The number of fused-ring (bicyclic) bond motifs is 1. The predicted molar refractivity (Wildman–Crippen MR) is 141 cm³/mol. The molecule has 2 aromatic carbocycles. The van der Waals surface area contributed by atoms with Gasteiger partial charge in [0.1, 0.15) is 5.75 Å². The number of aromatic nitrogens is 1. The number of hydrogen-bond donors (Lipinski definition) is 1. The van der Waals surface area contributed by atoms with Crippen molar-refractivity contribution in [2.45, 2.75) is 38.6 Å². The Bertz CT molecular complexity index is 1150. The number of H-pyrrole nitrogens is 1. The molecule has 0 aliphatic heterocycles. The van der Waals surface area contributed by atoms with Crippen molar-refractivity contribution in [2.24, 2.45) is 5.92 Å². The first-order valence-corrected chi connectivity index (χ1v) is 12.8. The van der Waals surface area contributed by atoms with E-state index in [1.807, 2.05) is 47.5 Å². The molecule has 1 aliphatic rings. The van der Waals surface area contributed by atoms with Gasteiger partial charge in [-0.1, -0.05) is 42.8 Å². The van der Waals surface area contributed by atoms with Gasteiger partial charge >= 0.3 is 0 Å². The Labute approximate surface area is 213 Å². The van der Waals surface area contributed by atoms with E-state index in [0.717, 1.165) is 36.1 Å². The molecule has 7 heteroatoms. The van der Waals surface area contributed by atoms with Crippen LogP contribution in [0.4, 0.5) is 0 Å². The Hall–Kier alpha value is -3.32.